The van der Waals surface area contributed by atoms with Crippen molar-refractivity contribution < 1.29 is 8.42 Å². The first-order valence-corrected chi connectivity index (χ1v) is 10.3. The Morgan fingerprint density at radius 3 is 2.42 bits per heavy atom. The fourth-order valence-electron chi connectivity index (χ4n) is 2.12. The number of sulfonamides is 1. The van der Waals surface area contributed by atoms with Crippen molar-refractivity contribution >= 4 is 40.0 Å². The van der Waals surface area contributed by atoms with Crippen molar-refractivity contribution in [3.05, 3.63) is 29.3 Å². The van der Waals surface area contributed by atoms with Gasteiger partial charge < -0.3 is 10.6 Å². The molecule has 0 spiro atoms. The van der Waals surface area contributed by atoms with Crippen LogP contribution in [0, 0.1) is 19.8 Å². The van der Waals surface area contributed by atoms with Crippen molar-refractivity contribution in [2.24, 2.45) is 10.9 Å². The van der Waals surface area contributed by atoms with Crippen LogP contribution in [0.25, 0.3) is 0 Å². The van der Waals surface area contributed by atoms with Gasteiger partial charge in [-0.25, -0.2) is 13.1 Å². The maximum atomic E-state index is 12.5. The molecule has 150 valence electrons. The van der Waals surface area contributed by atoms with Crippen molar-refractivity contribution in [1.29, 1.82) is 0 Å². The number of hydrogen-bond donors (Lipinski definition) is 3. The van der Waals surface area contributed by atoms with E-state index in [1.807, 2.05) is 26.0 Å². The molecule has 0 saturated carbocycles. The molecule has 0 aliphatic carbocycles. The van der Waals surface area contributed by atoms with Crippen LogP contribution in [0.1, 0.15) is 38.8 Å². The lowest BCUT2D eigenvalue weighted by Crippen LogP contribution is -2.44. The third-order valence-corrected chi connectivity index (χ3v) is 5.62. The summed E-state index contributed by atoms with van der Waals surface area (Å²) in [6.45, 7) is 13.4. The first-order chi connectivity index (χ1) is 11.7. The summed E-state index contributed by atoms with van der Waals surface area (Å²) in [5, 5.41) is 6.50. The Labute approximate surface area is 175 Å². The fraction of sp³-hybridized carbons (Fsp3) is 0.611. The van der Waals surface area contributed by atoms with Gasteiger partial charge in [0.1, 0.15) is 0 Å². The molecule has 0 radical (unpaired) electrons. The normalized spacial score (nSPS) is 13.3. The summed E-state index contributed by atoms with van der Waals surface area (Å²) in [7, 11) is -3.52. The van der Waals surface area contributed by atoms with Gasteiger partial charge in [-0.2, -0.15) is 0 Å². The van der Waals surface area contributed by atoms with E-state index in [9.17, 15) is 8.42 Å². The van der Waals surface area contributed by atoms with Crippen molar-refractivity contribution in [2.45, 2.75) is 52.5 Å². The number of halogens is 1. The van der Waals surface area contributed by atoms with Gasteiger partial charge in [0.05, 0.1) is 11.4 Å². The third kappa shape index (κ3) is 8.22. The average Bonchev–Trinajstić information content (AvgIpc) is 2.53. The smallest absolute Gasteiger partial charge is 0.240 e. The number of hydrogen-bond acceptors (Lipinski definition) is 3. The molecule has 1 unspecified atom stereocenters. The van der Waals surface area contributed by atoms with E-state index in [0.717, 1.165) is 17.7 Å². The van der Waals surface area contributed by atoms with Gasteiger partial charge in [-0.15, -0.1) is 24.0 Å². The molecule has 1 aromatic rings. The van der Waals surface area contributed by atoms with Gasteiger partial charge in [0.2, 0.25) is 10.0 Å². The molecule has 0 heterocycles. The highest BCUT2D eigenvalue weighted by atomic mass is 127. The molecule has 0 aliphatic rings. The summed E-state index contributed by atoms with van der Waals surface area (Å²) in [5.41, 5.74) is 1.66. The first kappa shape index (κ1) is 25.1. The first-order valence-electron chi connectivity index (χ1n) is 8.79. The van der Waals surface area contributed by atoms with Crippen molar-refractivity contribution in [3.63, 3.8) is 0 Å². The van der Waals surface area contributed by atoms with E-state index in [1.54, 1.807) is 13.0 Å². The number of benzene rings is 1. The van der Waals surface area contributed by atoms with Gasteiger partial charge in [0.25, 0.3) is 0 Å². The van der Waals surface area contributed by atoms with Crippen LogP contribution >= 0.6 is 24.0 Å². The maximum Gasteiger partial charge on any atom is 0.240 e. The second kappa shape index (κ2) is 11.8. The van der Waals surface area contributed by atoms with Crippen molar-refractivity contribution in [3.8, 4) is 0 Å². The molecule has 0 aromatic heterocycles. The number of aliphatic imine (C=N–C) groups is 1. The highest BCUT2D eigenvalue weighted by Gasteiger charge is 2.16. The minimum atomic E-state index is -3.52. The van der Waals surface area contributed by atoms with Gasteiger partial charge in [0.15, 0.2) is 5.96 Å². The molecule has 6 nitrogen and oxygen atoms in total. The third-order valence-electron chi connectivity index (χ3n) is 4.02. The molecule has 0 fully saturated rings. The molecule has 1 rings (SSSR count). The Balaban J connectivity index is 0.00000625. The molecular formula is C18H33IN4O2S. The molecule has 0 bridgehead atoms. The fourth-order valence-corrected chi connectivity index (χ4v) is 3.47. The summed E-state index contributed by atoms with van der Waals surface area (Å²) in [6.07, 6.45) is 0. The van der Waals surface area contributed by atoms with Crippen LogP contribution in [-0.2, 0) is 10.0 Å². The lowest BCUT2D eigenvalue weighted by molar-refractivity contribution is 0.481. The summed E-state index contributed by atoms with van der Waals surface area (Å²) in [4.78, 5) is 4.77. The van der Waals surface area contributed by atoms with E-state index in [2.05, 4.69) is 41.1 Å². The predicted molar refractivity (Wildman–Crippen MR) is 120 cm³/mol. The minimum absolute atomic E-state index is 0. The number of nitrogens with zero attached hydrogens (tertiary/aromatic N) is 1. The van der Waals surface area contributed by atoms with E-state index >= 15 is 0 Å². The highest BCUT2D eigenvalue weighted by Crippen LogP contribution is 2.16. The van der Waals surface area contributed by atoms with Gasteiger partial charge in [-0.3, -0.25) is 4.99 Å². The molecule has 1 aromatic carbocycles. The highest BCUT2D eigenvalue weighted by molar-refractivity contribution is 14.0. The Bertz CT molecular complexity index is 690. The molecule has 3 N–H and O–H groups in total. The predicted octanol–water partition coefficient (Wildman–Crippen LogP) is 2.80. The zero-order valence-electron chi connectivity index (χ0n) is 16.6. The van der Waals surface area contributed by atoms with Gasteiger partial charge in [-0.05, 0) is 50.8 Å². The number of aryl methyl sites for hydroxylation is 2. The zero-order valence-corrected chi connectivity index (χ0v) is 19.7. The number of rotatable bonds is 8. The molecule has 0 saturated heterocycles. The molecule has 26 heavy (non-hydrogen) atoms. The summed E-state index contributed by atoms with van der Waals surface area (Å²) < 4.78 is 27.5. The van der Waals surface area contributed by atoms with Crippen LogP contribution in [0.5, 0.6) is 0 Å². The lowest BCUT2D eigenvalue weighted by Gasteiger charge is -2.20. The van der Waals surface area contributed by atoms with E-state index < -0.39 is 10.0 Å². The van der Waals surface area contributed by atoms with Crippen LogP contribution in [0.2, 0.25) is 0 Å². The minimum Gasteiger partial charge on any atom is -0.357 e. The maximum absolute atomic E-state index is 12.5. The second-order valence-corrected chi connectivity index (χ2v) is 8.34. The zero-order chi connectivity index (χ0) is 19.0. The SMILES string of the molecule is CCNC(=NCCNS(=O)(=O)c1cc(C)ccc1C)NC(C)C(C)C.I. The summed E-state index contributed by atoms with van der Waals surface area (Å²) in [6, 6.07) is 5.70. The Morgan fingerprint density at radius 2 is 1.85 bits per heavy atom. The van der Waals surface area contributed by atoms with Gasteiger partial charge in [-0.1, -0.05) is 26.0 Å². The molecule has 0 aliphatic heterocycles. The van der Waals surface area contributed by atoms with E-state index in [0.29, 0.717) is 23.3 Å². The van der Waals surface area contributed by atoms with Crippen LogP contribution in [0.4, 0.5) is 0 Å². The monoisotopic (exact) mass is 496 g/mol. The largest absolute Gasteiger partial charge is 0.357 e. The summed E-state index contributed by atoms with van der Waals surface area (Å²) in [5.74, 6) is 1.18. The van der Waals surface area contributed by atoms with Crippen LogP contribution < -0.4 is 15.4 Å². The standard InChI is InChI=1S/C18H32N4O2S.HI/c1-7-19-18(22-16(6)13(2)3)20-10-11-21-25(23,24)17-12-14(4)8-9-15(17)5;/h8-9,12-13,16,21H,7,10-11H2,1-6H3,(H2,19,20,22);1H. The van der Waals surface area contributed by atoms with Crippen molar-refractivity contribution in [2.75, 3.05) is 19.6 Å². The van der Waals surface area contributed by atoms with E-state index in [1.165, 1.54) is 0 Å². The number of guanidine groups is 1. The molecule has 1 atom stereocenters. The van der Waals surface area contributed by atoms with Crippen LogP contribution in [0.15, 0.2) is 28.1 Å². The molecule has 0 amide bonds. The Hall–Kier alpha value is -0.870. The topological polar surface area (TPSA) is 82.6 Å². The Kier molecular flexibility index (Phi) is 11.4. The molecule has 8 heteroatoms. The van der Waals surface area contributed by atoms with Crippen LogP contribution in [0.3, 0.4) is 0 Å². The second-order valence-electron chi connectivity index (χ2n) is 6.60. The number of nitrogens with one attached hydrogen (secondary N) is 3. The molecular weight excluding hydrogens is 463 g/mol. The van der Waals surface area contributed by atoms with Gasteiger partial charge in [0, 0.05) is 19.1 Å². The van der Waals surface area contributed by atoms with Crippen LogP contribution in [-0.4, -0.2) is 40.1 Å². The van der Waals surface area contributed by atoms with E-state index in [-0.39, 0.29) is 36.6 Å². The lowest BCUT2D eigenvalue weighted by atomic mass is 10.1. The Morgan fingerprint density at radius 1 is 1.19 bits per heavy atom. The van der Waals surface area contributed by atoms with Crippen molar-refractivity contribution in [1.82, 2.24) is 15.4 Å². The van der Waals surface area contributed by atoms with Gasteiger partial charge >= 0.3 is 0 Å². The average molecular weight is 496 g/mol. The quantitative estimate of drug-likeness (QED) is 0.224. The van der Waals surface area contributed by atoms with E-state index in [4.69, 9.17) is 0 Å². The summed E-state index contributed by atoms with van der Waals surface area (Å²) >= 11 is 0.